The lowest BCUT2D eigenvalue weighted by atomic mass is 10.3. The third kappa shape index (κ3) is 4.56. The number of nitrogens with two attached hydrogens (primary N) is 1. The van der Waals surface area contributed by atoms with Gasteiger partial charge in [0.25, 0.3) is 0 Å². The highest BCUT2D eigenvalue weighted by molar-refractivity contribution is 9.10. The van der Waals surface area contributed by atoms with Gasteiger partial charge < -0.3 is 5.73 Å². The van der Waals surface area contributed by atoms with E-state index < -0.39 is 10.0 Å². The van der Waals surface area contributed by atoms with Crippen molar-refractivity contribution in [2.75, 3.05) is 13.1 Å². The summed E-state index contributed by atoms with van der Waals surface area (Å²) in [5.74, 6) is 0. The van der Waals surface area contributed by atoms with Gasteiger partial charge in [0, 0.05) is 11.0 Å². The number of unbranched alkanes of at least 4 members (excludes halogenated alkanes) is 1. The number of nitrogens with one attached hydrogen (secondary N) is 1. The van der Waals surface area contributed by atoms with Crippen molar-refractivity contribution >= 4 is 37.6 Å². The average molecular weight is 342 g/mol. The first-order valence-electron chi connectivity index (χ1n) is 5.12. The molecule has 1 rings (SSSR count). The summed E-state index contributed by atoms with van der Waals surface area (Å²) in [6, 6.07) is 4.49. The van der Waals surface area contributed by atoms with Crippen LogP contribution in [-0.2, 0) is 10.0 Å². The molecule has 0 saturated heterocycles. The van der Waals surface area contributed by atoms with Crippen LogP contribution in [0.5, 0.6) is 0 Å². The fourth-order valence-electron chi connectivity index (χ4n) is 1.20. The first-order chi connectivity index (χ1) is 7.97. The lowest BCUT2D eigenvalue weighted by Gasteiger charge is -2.07. The predicted octanol–water partition coefficient (Wildman–Crippen LogP) is 2.12. The minimum Gasteiger partial charge on any atom is -0.330 e. The maximum absolute atomic E-state index is 11.9. The molecule has 3 N–H and O–H groups in total. The van der Waals surface area contributed by atoms with Crippen LogP contribution in [0.1, 0.15) is 12.8 Å². The molecule has 0 heterocycles. The van der Waals surface area contributed by atoms with E-state index in [2.05, 4.69) is 20.7 Å². The Balaban J connectivity index is 2.72. The lowest BCUT2D eigenvalue weighted by Crippen LogP contribution is -2.25. The number of sulfonamides is 1. The zero-order valence-electron chi connectivity index (χ0n) is 9.12. The topological polar surface area (TPSA) is 72.2 Å². The highest BCUT2D eigenvalue weighted by Gasteiger charge is 2.14. The van der Waals surface area contributed by atoms with Crippen LogP contribution in [-0.4, -0.2) is 21.5 Å². The third-order valence-electron chi connectivity index (χ3n) is 2.12. The second kappa shape index (κ2) is 6.70. The number of benzene rings is 1. The summed E-state index contributed by atoms with van der Waals surface area (Å²) in [5, 5.41) is 0.479. The fraction of sp³-hybridized carbons (Fsp3) is 0.400. The van der Waals surface area contributed by atoms with Gasteiger partial charge >= 0.3 is 0 Å². The van der Waals surface area contributed by atoms with Crippen LogP contribution in [0.25, 0.3) is 0 Å². The quantitative estimate of drug-likeness (QED) is 0.779. The van der Waals surface area contributed by atoms with Crippen LogP contribution in [0.2, 0.25) is 5.02 Å². The minimum absolute atomic E-state index is 0.196. The zero-order valence-corrected chi connectivity index (χ0v) is 12.3. The van der Waals surface area contributed by atoms with Crippen LogP contribution in [0.15, 0.2) is 27.6 Å². The molecule has 0 aliphatic rings. The second-order valence-corrected chi connectivity index (χ2v) is 6.50. The van der Waals surface area contributed by atoms with E-state index in [0.717, 1.165) is 12.8 Å². The molecule has 0 atom stereocenters. The van der Waals surface area contributed by atoms with Gasteiger partial charge in [0.2, 0.25) is 10.0 Å². The molecule has 1 aromatic carbocycles. The summed E-state index contributed by atoms with van der Waals surface area (Å²) in [5.41, 5.74) is 5.33. The Bertz CT molecular complexity index is 479. The smallest absolute Gasteiger partial charge is 0.240 e. The van der Waals surface area contributed by atoms with Gasteiger partial charge in [0.05, 0.1) is 9.92 Å². The molecule has 0 saturated carbocycles. The standard InChI is InChI=1S/C10H14BrClN2O2S/c11-9-7-8(3-4-10(9)12)17(15,16)14-6-2-1-5-13/h3-4,7,14H,1-2,5-6,13H2. The van der Waals surface area contributed by atoms with Crippen molar-refractivity contribution in [3.8, 4) is 0 Å². The predicted molar refractivity (Wildman–Crippen MR) is 72.6 cm³/mol. The summed E-state index contributed by atoms with van der Waals surface area (Å²) in [6.07, 6.45) is 1.53. The molecule has 0 spiro atoms. The van der Waals surface area contributed by atoms with Crippen molar-refractivity contribution in [2.45, 2.75) is 17.7 Å². The third-order valence-corrected chi connectivity index (χ3v) is 4.80. The normalized spacial score (nSPS) is 11.7. The van der Waals surface area contributed by atoms with E-state index in [1.54, 1.807) is 6.07 Å². The van der Waals surface area contributed by atoms with Crippen molar-refractivity contribution in [2.24, 2.45) is 5.73 Å². The molecule has 0 radical (unpaired) electrons. The number of rotatable bonds is 6. The molecule has 96 valence electrons. The molecule has 0 aromatic heterocycles. The molecule has 0 fully saturated rings. The SMILES string of the molecule is NCCCCNS(=O)(=O)c1ccc(Cl)c(Br)c1. The molecule has 1 aromatic rings. The summed E-state index contributed by atoms with van der Waals surface area (Å²) < 4.78 is 26.8. The highest BCUT2D eigenvalue weighted by atomic mass is 79.9. The van der Waals surface area contributed by atoms with Gasteiger partial charge in [-0.2, -0.15) is 0 Å². The largest absolute Gasteiger partial charge is 0.330 e. The Kier molecular flexibility index (Phi) is 5.88. The van der Waals surface area contributed by atoms with E-state index in [1.165, 1.54) is 12.1 Å². The maximum Gasteiger partial charge on any atom is 0.240 e. The first-order valence-corrected chi connectivity index (χ1v) is 7.77. The van der Waals surface area contributed by atoms with Gasteiger partial charge in [0.15, 0.2) is 0 Å². The van der Waals surface area contributed by atoms with Crippen LogP contribution in [0.3, 0.4) is 0 Å². The number of halogens is 2. The Labute approximate surface area is 115 Å². The van der Waals surface area contributed by atoms with Crippen molar-refractivity contribution in [1.29, 1.82) is 0 Å². The lowest BCUT2D eigenvalue weighted by molar-refractivity contribution is 0.577. The molecule has 0 unspecified atom stereocenters. The summed E-state index contributed by atoms with van der Waals surface area (Å²) >= 11 is 8.99. The number of hydrogen-bond acceptors (Lipinski definition) is 3. The van der Waals surface area contributed by atoms with Gasteiger partial charge in [0.1, 0.15) is 0 Å². The summed E-state index contributed by atoms with van der Waals surface area (Å²) in [6.45, 7) is 0.952. The molecule has 0 bridgehead atoms. The van der Waals surface area contributed by atoms with E-state index in [-0.39, 0.29) is 4.90 Å². The van der Waals surface area contributed by atoms with Crippen molar-refractivity contribution in [1.82, 2.24) is 4.72 Å². The highest BCUT2D eigenvalue weighted by Crippen LogP contribution is 2.25. The zero-order chi connectivity index (χ0) is 12.9. The molecule has 7 heteroatoms. The van der Waals surface area contributed by atoms with Crippen LogP contribution in [0, 0.1) is 0 Å². The van der Waals surface area contributed by atoms with Gasteiger partial charge in [-0.05, 0) is 53.5 Å². The second-order valence-electron chi connectivity index (χ2n) is 3.47. The van der Waals surface area contributed by atoms with Crippen LogP contribution >= 0.6 is 27.5 Å². The van der Waals surface area contributed by atoms with Crippen molar-refractivity contribution in [3.05, 3.63) is 27.7 Å². The molecule has 0 amide bonds. The van der Waals surface area contributed by atoms with E-state index >= 15 is 0 Å². The first kappa shape index (κ1) is 14.9. The van der Waals surface area contributed by atoms with E-state index in [0.29, 0.717) is 22.6 Å². The Hall–Kier alpha value is -0.140. The Morgan fingerprint density at radius 3 is 2.65 bits per heavy atom. The fourth-order valence-corrected chi connectivity index (χ4v) is 2.95. The molecule has 0 aliphatic heterocycles. The summed E-state index contributed by atoms with van der Waals surface area (Å²) in [4.78, 5) is 0.196. The molecule has 0 aliphatic carbocycles. The van der Waals surface area contributed by atoms with Crippen molar-refractivity contribution in [3.63, 3.8) is 0 Å². The van der Waals surface area contributed by atoms with Crippen molar-refractivity contribution < 1.29 is 8.42 Å². The van der Waals surface area contributed by atoms with E-state index in [1.807, 2.05) is 0 Å². The maximum atomic E-state index is 11.9. The van der Waals surface area contributed by atoms with Crippen LogP contribution in [0.4, 0.5) is 0 Å². The van der Waals surface area contributed by atoms with Crippen LogP contribution < -0.4 is 10.5 Å². The number of hydrogen-bond donors (Lipinski definition) is 2. The Morgan fingerprint density at radius 2 is 2.06 bits per heavy atom. The van der Waals surface area contributed by atoms with Gasteiger partial charge in [-0.3, -0.25) is 0 Å². The molecule has 4 nitrogen and oxygen atoms in total. The monoisotopic (exact) mass is 340 g/mol. The van der Waals surface area contributed by atoms with E-state index in [4.69, 9.17) is 17.3 Å². The Morgan fingerprint density at radius 1 is 1.35 bits per heavy atom. The molecule has 17 heavy (non-hydrogen) atoms. The molecular weight excluding hydrogens is 328 g/mol. The average Bonchev–Trinajstić information content (AvgIpc) is 2.28. The van der Waals surface area contributed by atoms with E-state index in [9.17, 15) is 8.42 Å². The molecular formula is C10H14BrClN2O2S. The van der Waals surface area contributed by atoms with Gasteiger partial charge in [-0.25, -0.2) is 13.1 Å². The van der Waals surface area contributed by atoms with Gasteiger partial charge in [-0.15, -0.1) is 0 Å². The van der Waals surface area contributed by atoms with Gasteiger partial charge in [-0.1, -0.05) is 11.6 Å². The summed E-state index contributed by atoms with van der Waals surface area (Å²) in [7, 11) is -3.46. The minimum atomic E-state index is -3.46.